The first-order valence-electron chi connectivity index (χ1n) is 11.3. The normalized spacial score (nSPS) is 11.2. The zero-order chi connectivity index (χ0) is 24.4. The number of rotatable bonds is 7. The highest BCUT2D eigenvalue weighted by molar-refractivity contribution is 5.97. The monoisotopic (exact) mass is 471 g/mol. The Hall–Kier alpha value is -4.26. The Morgan fingerprint density at radius 3 is 2.17 bits per heavy atom. The van der Waals surface area contributed by atoms with E-state index in [0.29, 0.717) is 13.1 Å². The van der Waals surface area contributed by atoms with Gasteiger partial charge in [-0.2, -0.15) is 5.10 Å². The molecule has 0 fully saturated rings. The number of aromatic nitrogens is 3. The summed E-state index contributed by atoms with van der Waals surface area (Å²) in [6.07, 6.45) is 2.02. The molecular weight excluding hydrogens is 448 g/mol. The standard InChI is InChI=1S/C28H23F2N3O2/c1-2-35-28(34)25-15-27(33(31-25)17-20-9-13-22(30)14-10-20)24-18-32(26-6-4-3-5-23(24)26)16-19-7-11-21(29)12-8-19/h3-15,18H,2,16-17H2,1H3. The number of fused-ring (bicyclic) bond motifs is 1. The van der Waals surface area contributed by atoms with Gasteiger partial charge in [-0.1, -0.05) is 42.5 Å². The Morgan fingerprint density at radius 1 is 0.886 bits per heavy atom. The quantitative estimate of drug-likeness (QED) is 0.271. The Balaban J connectivity index is 1.61. The first-order valence-corrected chi connectivity index (χ1v) is 11.3. The van der Waals surface area contributed by atoms with Crippen LogP contribution in [0.25, 0.3) is 22.2 Å². The predicted octanol–water partition coefficient (Wildman–Crippen LogP) is 6.06. The van der Waals surface area contributed by atoms with E-state index in [-0.39, 0.29) is 23.9 Å². The molecule has 0 amide bonds. The minimum absolute atomic E-state index is 0.208. The highest BCUT2D eigenvalue weighted by atomic mass is 19.1. The molecule has 0 aliphatic heterocycles. The van der Waals surface area contributed by atoms with Crippen molar-refractivity contribution in [1.82, 2.24) is 14.3 Å². The Morgan fingerprint density at radius 2 is 1.51 bits per heavy atom. The Bertz CT molecular complexity index is 1490. The highest BCUT2D eigenvalue weighted by Crippen LogP contribution is 2.32. The average molecular weight is 472 g/mol. The second kappa shape index (κ2) is 9.54. The van der Waals surface area contributed by atoms with Crippen molar-refractivity contribution >= 4 is 16.9 Å². The summed E-state index contributed by atoms with van der Waals surface area (Å²) < 4.78 is 35.8. The number of esters is 1. The van der Waals surface area contributed by atoms with Gasteiger partial charge in [0.05, 0.1) is 18.8 Å². The molecule has 3 aromatic carbocycles. The molecule has 0 aliphatic carbocycles. The van der Waals surface area contributed by atoms with Gasteiger partial charge in [-0.05, 0) is 54.4 Å². The largest absolute Gasteiger partial charge is 0.461 e. The van der Waals surface area contributed by atoms with Gasteiger partial charge >= 0.3 is 5.97 Å². The molecule has 7 heteroatoms. The zero-order valence-electron chi connectivity index (χ0n) is 19.1. The third kappa shape index (κ3) is 4.71. The summed E-state index contributed by atoms with van der Waals surface area (Å²) >= 11 is 0. The van der Waals surface area contributed by atoms with Crippen LogP contribution in [-0.2, 0) is 17.8 Å². The fourth-order valence-corrected chi connectivity index (χ4v) is 4.19. The number of ether oxygens (including phenoxy) is 1. The molecule has 0 unspecified atom stereocenters. The van der Waals surface area contributed by atoms with E-state index < -0.39 is 5.97 Å². The van der Waals surface area contributed by atoms with Crippen LogP contribution >= 0.6 is 0 Å². The van der Waals surface area contributed by atoms with Crippen molar-refractivity contribution in [2.45, 2.75) is 20.0 Å². The number of carbonyl (C=O) groups excluding carboxylic acids is 1. The van der Waals surface area contributed by atoms with Gasteiger partial charge in [0.25, 0.3) is 0 Å². The molecule has 35 heavy (non-hydrogen) atoms. The molecular formula is C28H23F2N3O2. The first kappa shape index (κ1) is 22.5. The van der Waals surface area contributed by atoms with Crippen LogP contribution < -0.4 is 0 Å². The molecule has 0 bridgehead atoms. The van der Waals surface area contributed by atoms with Crippen molar-refractivity contribution in [3.05, 3.63) is 114 Å². The summed E-state index contributed by atoms with van der Waals surface area (Å²) in [5.41, 5.74) is 4.66. The molecule has 0 aliphatic rings. The van der Waals surface area contributed by atoms with Crippen LogP contribution in [0.5, 0.6) is 0 Å². The van der Waals surface area contributed by atoms with Crippen molar-refractivity contribution < 1.29 is 18.3 Å². The lowest BCUT2D eigenvalue weighted by atomic mass is 10.1. The van der Waals surface area contributed by atoms with Gasteiger partial charge in [-0.3, -0.25) is 4.68 Å². The molecule has 176 valence electrons. The van der Waals surface area contributed by atoms with Crippen molar-refractivity contribution in [3.8, 4) is 11.3 Å². The highest BCUT2D eigenvalue weighted by Gasteiger charge is 2.20. The summed E-state index contributed by atoms with van der Waals surface area (Å²) in [6.45, 7) is 2.90. The molecule has 5 aromatic rings. The Kier molecular flexibility index (Phi) is 6.14. The molecule has 2 heterocycles. The fourth-order valence-electron chi connectivity index (χ4n) is 4.19. The first-order chi connectivity index (χ1) is 17.0. The second-order valence-electron chi connectivity index (χ2n) is 8.23. The van der Waals surface area contributed by atoms with Crippen LogP contribution in [0.2, 0.25) is 0 Å². The maximum absolute atomic E-state index is 13.4. The molecule has 0 radical (unpaired) electrons. The number of nitrogens with zero attached hydrogens (tertiary/aromatic N) is 3. The van der Waals surface area contributed by atoms with Crippen LogP contribution in [0.3, 0.4) is 0 Å². The number of hydrogen-bond acceptors (Lipinski definition) is 3. The van der Waals surface area contributed by atoms with Crippen molar-refractivity contribution in [3.63, 3.8) is 0 Å². The minimum atomic E-state index is -0.498. The number of hydrogen-bond donors (Lipinski definition) is 0. The molecule has 0 saturated carbocycles. The summed E-state index contributed by atoms with van der Waals surface area (Å²) in [6, 6.07) is 22.3. The second-order valence-corrected chi connectivity index (χ2v) is 8.23. The van der Waals surface area contributed by atoms with E-state index in [1.54, 1.807) is 41.9 Å². The van der Waals surface area contributed by atoms with Crippen LogP contribution in [-0.4, -0.2) is 26.9 Å². The number of halogens is 2. The molecule has 0 saturated heterocycles. The van der Waals surface area contributed by atoms with Gasteiger partial charge in [0.1, 0.15) is 11.6 Å². The maximum Gasteiger partial charge on any atom is 0.358 e. The van der Waals surface area contributed by atoms with Gasteiger partial charge in [-0.15, -0.1) is 0 Å². The van der Waals surface area contributed by atoms with Gasteiger partial charge in [0.15, 0.2) is 5.69 Å². The molecule has 2 aromatic heterocycles. The summed E-state index contributed by atoms with van der Waals surface area (Å²) in [4.78, 5) is 12.5. The van der Waals surface area contributed by atoms with Gasteiger partial charge in [0, 0.05) is 29.2 Å². The molecule has 5 rings (SSSR count). The van der Waals surface area contributed by atoms with Crippen LogP contribution in [0, 0.1) is 11.6 Å². The van der Waals surface area contributed by atoms with Crippen molar-refractivity contribution in [1.29, 1.82) is 0 Å². The van der Waals surface area contributed by atoms with E-state index in [1.807, 2.05) is 30.5 Å². The third-order valence-electron chi connectivity index (χ3n) is 5.84. The lowest BCUT2D eigenvalue weighted by Crippen LogP contribution is -2.08. The number of carbonyl (C=O) groups is 1. The van der Waals surface area contributed by atoms with Gasteiger partial charge < -0.3 is 9.30 Å². The summed E-state index contributed by atoms with van der Waals surface area (Å²) in [7, 11) is 0. The fraction of sp³-hybridized carbons (Fsp3) is 0.143. The van der Waals surface area contributed by atoms with E-state index >= 15 is 0 Å². The molecule has 0 N–H and O–H groups in total. The summed E-state index contributed by atoms with van der Waals surface area (Å²) in [5.74, 6) is -1.09. The average Bonchev–Trinajstić information content (AvgIpc) is 3.44. The maximum atomic E-state index is 13.4. The van der Waals surface area contributed by atoms with Crippen molar-refractivity contribution in [2.75, 3.05) is 6.61 Å². The van der Waals surface area contributed by atoms with E-state index in [1.165, 1.54) is 24.3 Å². The van der Waals surface area contributed by atoms with E-state index in [4.69, 9.17) is 4.74 Å². The Labute approximate surface area is 201 Å². The SMILES string of the molecule is CCOC(=O)c1cc(-c2cn(Cc3ccc(F)cc3)c3ccccc23)n(Cc2ccc(F)cc2)n1. The van der Waals surface area contributed by atoms with Crippen LogP contribution in [0.1, 0.15) is 28.5 Å². The third-order valence-corrected chi connectivity index (χ3v) is 5.84. The lowest BCUT2D eigenvalue weighted by Gasteiger charge is -2.07. The lowest BCUT2D eigenvalue weighted by molar-refractivity contribution is 0.0518. The summed E-state index contributed by atoms with van der Waals surface area (Å²) in [5, 5.41) is 5.52. The van der Waals surface area contributed by atoms with Gasteiger partial charge in [0.2, 0.25) is 0 Å². The van der Waals surface area contributed by atoms with E-state index in [9.17, 15) is 13.6 Å². The van der Waals surface area contributed by atoms with E-state index in [0.717, 1.165) is 33.3 Å². The topological polar surface area (TPSA) is 49.0 Å². The van der Waals surface area contributed by atoms with Crippen LogP contribution in [0.4, 0.5) is 8.78 Å². The van der Waals surface area contributed by atoms with E-state index in [2.05, 4.69) is 9.67 Å². The van der Waals surface area contributed by atoms with Gasteiger partial charge in [-0.25, -0.2) is 13.6 Å². The smallest absolute Gasteiger partial charge is 0.358 e. The molecule has 0 spiro atoms. The number of benzene rings is 3. The predicted molar refractivity (Wildman–Crippen MR) is 130 cm³/mol. The zero-order valence-corrected chi connectivity index (χ0v) is 19.1. The van der Waals surface area contributed by atoms with Crippen LogP contribution in [0.15, 0.2) is 85.1 Å². The minimum Gasteiger partial charge on any atom is -0.461 e. The number of para-hydroxylation sites is 1. The molecule has 5 nitrogen and oxygen atoms in total. The molecule has 0 atom stereocenters. The van der Waals surface area contributed by atoms with Crippen molar-refractivity contribution in [2.24, 2.45) is 0 Å².